The van der Waals surface area contributed by atoms with Gasteiger partial charge in [-0.3, -0.25) is 0 Å². The van der Waals surface area contributed by atoms with Crippen molar-refractivity contribution in [1.29, 1.82) is 0 Å². The van der Waals surface area contributed by atoms with Gasteiger partial charge in [-0.1, -0.05) is 0 Å². The van der Waals surface area contributed by atoms with Gasteiger partial charge in [0, 0.05) is 0 Å². The first kappa shape index (κ1) is 7.84. The van der Waals surface area contributed by atoms with Crippen LogP contribution in [0.3, 0.4) is 0 Å². The minimum absolute atomic E-state index is 0.368. The smallest absolute Gasteiger partial charge is 0.146 e. The predicted molar refractivity (Wildman–Crippen MR) is 26.6 cm³/mol. The molecule has 1 N–H and O–H groups in total. The third-order valence-electron chi connectivity index (χ3n) is 0.970. The highest BCUT2D eigenvalue weighted by molar-refractivity contribution is 3.91. The third kappa shape index (κ3) is 1.75. The van der Waals surface area contributed by atoms with Crippen molar-refractivity contribution in [2.24, 2.45) is 0 Å². The zero-order valence-electron chi connectivity index (χ0n) is 5.42. The molecular weight excluding hydrogens is 110 g/mol. The Balaban J connectivity index is 3.58. The molecule has 0 aromatic carbocycles. The molecule has 4 nitrogen and oxygen atoms in total. The summed E-state index contributed by atoms with van der Waals surface area (Å²) in [4.78, 5) is 8.22. The minimum atomic E-state index is -0.792. The molecule has 4 heteroatoms. The second kappa shape index (κ2) is 2.99. The Morgan fingerprint density at radius 2 is 1.75 bits per heavy atom. The first-order valence-electron chi connectivity index (χ1n) is 2.40. The molecule has 0 aromatic rings. The zero-order chi connectivity index (χ0) is 6.62. The van der Waals surface area contributed by atoms with Gasteiger partial charge in [0.2, 0.25) is 0 Å². The van der Waals surface area contributed by atoms with Gasteiger partial charge in [0.1, 0.15) is 14.2 Å². The summed E-state index contributed by atoms with van der Waals surface area (Å²) < 4.78 is 0. The van der Waals surface area contributed by atoms with E-state index in [1.807, 2.05) is 0 Å². The van der Waals surface area contributed by atoms with Gasteiger partial charge in [0.15, 0.2) is 6.54 Å². The van der Waals surface area contributed by atoms with Crippen LogP contribution in [0.4, 0.5) is 0 Å². The molecule has 0 fully saturated rings. The molecule has 0 radical (unpaired) electrons. The third-order valence-corrected chi connectivity index (χ3v) is 0.970. The van der Waals surface area contributed by atoms with Gasteiger partial charge in [-0.05, 0) is 6.92 Å². The fourth-order valence-corrected chi connectivity index (χ4v) is 0.333. The maximum atomic E-state index is 8.93. The Hall–Kier alpha value is -0.160. The van der Waals surface area contributed by atoms with Crippen molar-refractivity contribution in [2.45, 2.75) is 6.92 Å². The van der Waals surface area contributed by atoms with Crippen LogP contribution in [-0.4, -0.2) is 30.9 Å². The molecule has 0 saturated heterocycles. The van der Waals surface area contributed by atoms with Gasteiger partial charge in [0.25, 0.3) is 0 Å². The van der Waals surface area contributed by atoms with Crippen LogP contribution in [0.25, 0.3) is 0 Å². The zero-order valence-corrected chi connectivity index (χ0v) is 5.42. The quantitative estimate of drug-likeness (QED) is 0.433. The van der Waals surface area contributed by atoms with Crippen molar-refractivity contribution in [2.75, 3.05) is 20.8 Å². The summed E-state index contributed by atoms with van der Waals surface area (Å²) in [5, 5.41) is 8.93. The summed E-state index contributed by atoms with van der Waals surface area (Å²) in [6, 6.07) is 0. The Kier molecular flexibility index (Phi) is 2.93. The largest absolute Gasteiger partial charge is 0.175 e. The lowest BCUT2D eigenvalue weighted by molar-refractivity contribution is -1.36. The van der Waals surface area contributed by atoms with Gasteiger partial charge >= 0.3 is 0 Å². The fourth-order valence-electron chi connectivity index (χ4n) is 0.333. The predicted octanol–water partition coefficient (Wildman–Crippen LogP) is 0.335. The molecule has 0 atom stereocenters. The molecule has 0 saturated carbocycles. The van der Waals surface area contributed by atoms with E-state index in [-0.39, 0.29) is 0 Å². The van der Waals surface area contributed by atoms with E-state index in [1.54, 1.807) is 6.92 Å². The number of nitrogens with zero attached hydrogens (tertiary/aromatic N) is 1. The van der Waals surface area contributed by atoms with Gasteiger partial charge in [0.05, 0.1) is 4.97 Å². The summed E-state index contributed by atoms with van der Waals surface area (Å²) in [7, 11) is 2.74. The molecule has 50 valence electrons. The molecule has 0 heterocycles. The van der Waals surface area contributed by atoms with E-state index in [4.69, 9.17) is 5.21 Å². The lowest BCUT2D eigenvalue weighted by atomic mass is 10.8. The second-order valence-corrected chi connectivity index (χ2v) is 1.32. The Morgan fingerprint density at radius 3 is 1.75 bits per heavy atom. The maximum Gasteiger partial charge on any atom is 0.175 e. The molecule has 0 aliphatic heterocycles. The van der Waals surface area contributed by atoms with E-state index >= 15 is 0 Å². The van der Waals surface area contributed by atoms with Gasteiger partial charge < -0.3 is 0 Å². The van der Waals surface area contributed by atoms with Crippen LogP contribution in [0, 0.1) is 0 Å². The van der Waals surface area contributed by atoms with Crippen molar-refractivity contribution in [3.05, 3.63) is 0 Å². The van der Waals surface area contributed by atoms with Crippen molar-refractivity contribution in [1.82, 2.24) is 0 Å². The van der Waals surface area contributed by atoms with E-state index in [0.29, 0.717) is 6.54 Å². The topological polar surface area (TPSA) is 38.7 Å². The van der Waals surface area contributed by atoms with Gasteiger partial charge in [-0.25, -0.2) is 0 Å². The summed E-state index contributed by atoms with van der Waals surface area (Å²) in [6.45, 7) is 2.11. The molecule has 0 spiro atoms. The van der Waals surface area contributed by atoms with E-state index in [2.05, 4.69) is 9.68 Å². The lowest BCUT2D eigenvalue weighted by Crippen LogP contribution is -2.41. The van der Waals surface area contributed by atoms with Crippen LogP contribution in [0.1, 0.15) is 6.92 Å². The van der Waals surface area contributed by atoms with Crippen molar-refractivity contribution >= 4 is 0 Å². The Bertz CT molecular complexity index is 54.0. The summed E-state index contributed by atoms with van der Waals surface area (Å²) in [5.74, 6) is 0. The minimum Gasteiger partial charge on any atom is -0.146 e. The fraction of sp³-hybridized carbons (Fsp3) is 1.00. The standard InChI is InChI=1S/C4H12NO3/c1-4-5(6,7-2)8-3/h6H,4H2,1-3H3/q+1. The number of hydroxylamine groups is 3. The normalized spacial score (nSPS) is 12.0. The Labute approximate surface area is 48.7 Å². The molecule has 0 rings (SSSR count). The molecule has 0 aliphatic carbocycles. The van der Waals surface area contributed by atoms with E-state index in [0.717, 1.165) is 0 Å². The Morgan fingerprint density at radius 1 is 1.38 bits per heavy atom. The van der Waals surface area contributed by atoms with Crippen molar-refractivity contribution in [3.8, 4) is 0 Å². The van der Waals surface area contributed by atoms with Crippen LogP contribution < -0.4 is 0 Å². The highest BCUT2D eigenvalue weighted by Gasteiger charge is 2.22. The van der Waals surface area contributed by atoms with Gasteiger partial charge in [-0.15, -0.1) is 14.9 Å². The first-order valence-corrected chi connectivity index (χ1v) is 2.40. The summed E-state index contributed by atoms with van der Waals surface area (Å²) in [5.41, 5.74) is 0. The molecule has 8 heavy (non-hydrogen) atoms. The van der Waals surface area contributed by atoms with Crippen LogP contribution in [0.2, 0.25) is 0 Å². The molecule has 0 aliphatic rings. The molecule has 0 unspecified atom stereocenters. The average Bonchev–Trinajstić information content (AvgIpc) is 1.87. The SMILES string of the molecule is CC[N+](O)(OC)OC. The van der Waals surface area contributed by atoms with Gasteiger partial charge in [-0.2, -0.15) is 0 Å². The number of quaternary nitrogens is 1. The second-order valence-electron chi connectivity index (χ2n) is 1.32. The van der Waals surface area contributed by atoms with E-state index in [1.165, 1.54) is 14.2 Å². The first-order chi connectivity index (χ1) is 3.68. The van der Waals surface area contributed by atoms with Crippen LogP contribution in [-0.2, 0) is 9.68 Å². The van der Waals surface area contributed by atoms with Crippen molar-refractivity contribution in [3.63, 3.8) is 0 Å². The summed E-state index contributed by atoms with van der Waals surface area (Å²) >= 11 is 0. The number of rotatable bonds is 3. The maximum absolute atomic E-state index is 8.93. The number of hydrogen-bond acceptors (Lipinski definition) is 3. The van der Waals surface area contributed by atoms with Crippen LogP contribution in [0.5, 0.6) is 0 Å². The van der Waals surface area contributed by atoms with Crippen molar-refractivity contribution < 1.29 is 19.9 Å². The lowest BCUT2D eigenvalue weighted by Gasteiger charge is -2.18. The molecule has 0 aromatic heterocycles. The van der Waals surface area contributed by atoms with E-state index in [9.17, 15) is 0 Å². The molecule has 0 bridgehead atoms. The number of hydrogen-bond donors (Lipinski definition) is 1. The monoisotopic (exact) mass is 122 g/mol. The highest BCUT2D eigenvalue weighted by Crippen LogP contribution is 1.98. The highest BCUT2D eigenvalue weighted by atomic mass is 17.2. The van der Waals surface area contributed by atoms with Crippen LogP contribution >= 0.6 is 0 Å². The van der Waals surface area contributed by atoms with Crippen LogP contribution in [0.15, 0.2) is 0 Å². The molecular formula is C4H12NO3+. The molecule has 0 amide bonds. The average molecular weight is 122 g/mol. The summed E-state index contributed by atoms with van der Waals surface area (Å²) in [6.07, 6.45) is 0. The van der Waals surface area contributed by atoms with E-state index < -0.39 is 4.97 Å².